The average Bonchev–Trinajstić information content (AvgIpc) is 3.31. The highest BCUT2D eigenvalue weighted by molar-refractivity contribution is 7.69. The first-order valence-corrected chi connectivity index (χ1v) is 19.4. The maximum atomic E-state index is 12.3. The molecule has 10 N–H and O–H groups in total. The highest BCUT2D eigenvalue weighted by atomic mass is 31.3. The summed E-state index contributed by atoms with van der Waals surface area (Å²) in [6, 6.07) is 0.622. The summed E-state index contributed by atoms with van der Waals surface area (Å²) in [7, 11) is -24.1. The molecule has 0 bridgehead atoms. The molecule has 3 aliphatic rings. The van der Waals surface area contributed by atoms with Crippen LogP contribution in [-0.4, -0.2) is 115 Å². The van der Waals surface area contributed by atoms with Gasteiger partial charge in [-0.3, -0.25) is 37.7 Å². The maximum Gasteiger partial charge on any atom is 0.490 e. The molecular weight excluding hydrogens is 776 g/mol. The van der Waals surface area contributed by atoms with Crippen LogP contribution in [0, 0.1) is 0 Å². The lowest BCUT2D eigenvalue weighted by atomic mass is 10.1. The number of hydrogen-bond acceptors (Lipinski definition) is 19. The number of phosphoric ester groups is 2. The average molecular weight is 802 g/mol. The minimum absolute atomic E-state index is 0.645. The number of hydrogen-bond donors (Lipinski definition) is 10. The molecule has 7 unspecified atom stereocenters. The second-order valence-corrected chi connectivity index (χ2v) is 16.9. The summed E-state index contributed by atoms with van der Waals surface area (Å²) in [6.07, 6.45) is -10.1. The van der Waals surface area contributed by atoms with E-state index in [9.17, 15) is 77.4 Å². The van der Waals surface area contributed by atoms with E-state index in [1.54, 1.807) is 0 Å². The standard InChI is InChI=1S/C19H26N4O23P4/c24-9-1-3-22(17(29)20-9)13-15-19(13,31)14(28)8(42-15)6-41-48(34,35)45-50(38,39)46-49(36,37)44-47(32,33)40-5-7-11(26)12(27)16(43-7)23-4-2-10(25)21-18(23)30/h1-4,7-8,11-16,26-28,31H,5-6H2,(H,32,33)(H,34,35)(H,36,37)(H,38,39)(H,20,24,29)(H,21,25,30)/t7?,8?,11-,12-,13?,14-,15+,16-,19+/m1/s1. The molecule has 13 atom stereocenters. The zero-order valence-corrected chi connectivity index (χ0v) is 27.8. The molecular formula is C19H26N4O23P4. The van der Waals surface area contributed by atoms with Gasteiger partial charge in [-0.2, -0.15) is 12.9 Å². The molecule has 1 saturated carbocycles. The predicted molar refractivity (Wildman–Crippen MR) is 152 cm³/mol. The third kappa shape index (κ3) is 8.17. The minimum Gasteiger partial charge on any atom is -0.387 e. The molecule has 5 rings (SSSR count). The molecule has 0 spiro atoms. The molecule has 50 heavy (non-hydrogen) atoms. The van der Waals surface area contributed by atoms with Gasteiger partial charge in [-0.1, -0.05) is 0 Å². The Labute approximate surface area is 274 Å². The van der Waals surface area contributed by atoms with Crippen LogP contribution >= 0.6 is 31.3 Å². The lowest BCUT2D eigenvalue weighted by molar-refractivity contribution is -0.0610. The molecule has 2 saturated heterocycles. The van der Waals surface area contributed by atoms with E-state index in [-0.39, 0.29) is 0 Å². The first kappa shape index (κ1) is 38.9. The largest absolute Gasteiger partial charge is 0.490 e. The number of nitrogens with one attached hydrogen (secondary N) is 2. The fourth-order valence-corrected chi connectivity index (χ4v) is 10.1. The zero-order chi connectivity index (χ0) is 37.2. The molecule has 31 heteroatoms. The Bertz CT molecular complexity index is 2060. The van der Waals surface area contributed by atoms with Gasteiger partial charge in [-0.05, 0) is 0 Å². The summed E-state index contributed by atoms with van der Waals surface area (Å²) >= 11 is 0. The topological polar surface area (TPSA) is 404 Å². The molecule has 2 aliphatic heterocycles. The SMILES string of the molecule is O=c1ccn(C2[C@@H]3OC(COP(=O)(O)OP(=O)(O)OP(=O)(O)OP(=O)(O)OCC4O[C@@H](n5ccc(=O)[nH]c5=O)[C@H](O)[C@@H]4O)[C@@H](O)[C@@]23O)c(=O)[nH]1. The number of H-pyrrole nitrogens is 2. The van der Waals surface area contributed by atoms with Gasteiger partial charge >= 0.3 is 42.7 Å². The summed E-state index contributed by atoms with van der Waals surface area (Å²) in [4.78, 5) is 89.3. The van der Waals surface area contributed by atoms with Crippen molar-refractivity contribution in [1.29, 1.82) is 0 Å². The fraction of sp³-hybridized carbons (Fsp3) is 0.579. The lowest BCUT2D eigenvalue weighted by Gasteiger charge is -2.24. The minimum atomic E-state index is -6.23. The first-order valence-electron chi connectivity index (χ1n) is 13.4. The van der Waals surface area contributed by atoms with Crippen LogP contribution in [0.5, 0.6) is 0 Å². The van der Waals surface area contributed by atoms with E-state index in [1.165, 1.54) is 0 Å². The molecule has 2 aromatic heterocycles. The smallest absolute Gasteiger partial charge is 0.387 e. The van der Waals surface area contributed by atoms with Crippen LogP contribution < -0.4 is 22.5 Å². The summed E-state index contributed by atoms with van der Waals surface area (Å²) in [6.45, 7) is -2.35. The van der Waals surface area contributed by atoms with Crippen molar-refractivity contribution in [2.45, 2.75) is 54.5 Å². The van der Waals surface area contributed by atoms with Crippen molar-refractivity contribution in [3.8, 4) is 0 Å². The third-order valence-electron chi connectivity index (χ3n) is 7.29. The second kappa shape index (κ2) is 13.6. The van der Waals surface area contributed by atoms with Crippen molar-refractivity contribution in [3.63, 3.8) is 0 Å². The van der Waals surface area contributed by atoms with Gasteiger partial charge < -0.3 is 49.5 Å². The number of aromatic nitrogens is 4. The van der Waals surface area contributed by atoms with Crippen LogP contribution in [0.1, 0.15) is 12.3 Å². The third-order valence-corrected chi connectivity index (χ3v) is 13.2. The summed E-state index contributed by atoms with van der Waals surface area (Å²) in [5, 5.41) is 41.5. The molecule has 0 aromatic carbocycles. The van der Waals surface area contributed by atoms with Crippen LogP contribution in [0.15, 0.2) is 43.7 Å². The molecule has 27 nitrogen and oxygen atoms in total. The molecule has 280 valence electrons. The van der Waals surface area contributed by atoms with Gasteiger partial charge in [0.25, 0.3) is 11.1 Å². The van der Waals surface area contributed by atoms with E-state index in [4.69, 9.17) is 9.47 Å². The Morgan fingerprint density at radius 3 is 1.62 bits per heavy atom. The molecule has 0 amide bonds. The monoisotopic (exact) mass is 802 g/mol. The van der Waals surface area contributed by atoms with E-state index in [1.807, 2.05) is 9.97 Å². The summed E-state index contributed by atoms with van der Waals surface area (Å²) in [5.74, 6) is 0. The molecule has 4 heterocycles. The summed E-state index contributed by atoms with van der Waals surface area (Å²) < 4.78 is 81.0. The first-order chi connectivity index (χ1) is 23.0. The van der Waals surface area contributed by atoms with Crippen molar-refractivity contribution in [3.05, 3.63) is 66.2 Å². The number of aromatic amines is 2. The van der Waals surface area contributed by atoms with E-state index in [2.05, 4.69) is 22.0 Å². The molecule has 0 radical (unpaired) electrons. The van der Waals surface area contributed by atoms with Crippen LogP contribution in [0.4, 0.5) is 0 Å². The van der Waals surface area contributed by atoms with Crippen LogP contribution in [0.25, 0.3) is 0 Å². The Morgan fingerprint density at radius 1 is 0.700 bits per heavy atom. The number of fused-ring (bicyclic) bond motifs is 1. The van der Waals surface area contributed by atoms with E-state index in [0.717, 1.165) is 29.1 Å². The van der Waals surface area contributed by atoms with Gasteiger partial charge in [0.05, 0.1) is 13.2 Å². The summed E-state index contributed by atoms with van der Waals surface area (Å²) in [5.41, 5.74) is -5.72. The Hall–Kier alpha value is -2.32. The molecule has 2 aromatic rings. The zero-order valence-electron chi connectivity index (χ0n) is 24.2. The predicted octanol–water partition coefficient (Wildman–Crippen LogP) is -4.40. The Morgan fingerprint density at radius 2 is 1.16 bits per heavy atom. The Balaban J connectivity index is 1.12. The number of aliphatic hydroxyl groups excluding tert-OH is 3. The second-order valence-electron chi connectivity index (χ2n) is 10.7. The Kier molecular flexibility index (Phi) is 10.6. The van der Waals surface area contributed by atoms with Gasteiger partial charge in [0.2, 0.25) is 0 Å². The van der Waals surface area contributed by atoms with Crippen molar-refractivity contribution >= 4 is 31.3 Å². The number of nitrogens with zero attached hydrogens (tertiary/aromatic N) is 2. The normalized spacial score (nSPS) is 35.4. The highest BCUT2D eigenvalue weighted by Crippen LogP contribution is 2.71. The molecule has 1 aliphatic carbocycles. The van der Waals surface area contributed by atoms with Gasteiger partial charge in [0.15, 0.2) is 6.23 Å². The fourth-order valence-electron chi connectivity index (χ4n) is 5.10. The lowest BCUT2D eigenvalue weighted by Crippen LogP contribution is -2.42. The van der Waals surface area contributed by atoms with Crippen molar-refractivity contribution in [2.24, 2.45) is 0 Å². The molecule has 3 fully saturated rings. The van der Waals surface area contributed by atoms with Crippen LogP contribution in [-0.2, 0) is 49.7 Å². The van der Waals surface area contributed by atoms with Gasteiger partial charge in [0.1, 0.15) is 48.3 Å². The van der Waals surface area contributed by atoms with Crippen LogP contribution in [0.2, 0.25) is 0 Å². The van der Waals surface area contributed by atoms with E-state index < -0.39 is 121 Å². The maximum absolute atomic E-state index is 12.3. The number of phosphoric acid groups is 4. The number of rotatable bonds is 14. The van der Waals surface area contributed by atoms with Gasteiger partial charge in [-0.25, -0.2) is 27.8 Å². The van der Waals surface area contributed by atoms with E-state index >= 15 is 0 Å². The number of aliphatic hydroxyl groups is 4. The quantitative estimate of drug-likeness (QED) is 0.0806. The highest BCUT2D eigenvalue weighted by Gasteiger charge is 2.77. The number of ether oxygens (including phenoxy) is 2. The van der Waals surface area contributed by atoms with Crippen molar-refractivity contribution in [1.82, 2.24) is 19.1 Å². The van der Waals surface area contributed by atoms with Crippen molar-refractivity contribution in [2.75, 3.05) is 13.2 Å². The van der Waals surface area contributed by atoms with E-state index in [0.29, 0.717) is 4.57 Å². The van der Waals surface area contributed by atoms with Gasteiger partial charge in [0, 0.05) is 24.5 Å². The van der Waals surface area contributed by atoms with Crippen molar-refractivity contribution < 1.29 is 89.7 Å². The van der Waals surface area contributed by atoms with Gasteiger partial charge in [-0.15, -0.1) is 0 Å². The van der Waals surface area contributed by atoms with Crippen LogP contribution in [0.3, 0.4) is 0 Å².